The minimum absolute atomic E-state index is 0.175. The molecule has 0 nitrogen and oxygen atoms in total. The standard InChI is InChI=1S/C22H28/c1-17(2)21-15-14-18(3)16-22(21,19-10-6-4-7-11-19)20-12-8-5-9-13-20/h4-13,17-18,21H,14-16H2,1-3H3. The zero-order valence-corrected chi connectivity index (χ0v) is 14.1. The third kappa shape index (κ3) is 2.60. The van der Waals surface area contributed by atoms with Crippen LogP contribution in [0.1, 0.15) is 51.2 Å². The second-order valence-corrected chi connectivity index (χ2v) is 7.44. The van der Waals surface area contributed by atoms with E-state index >= 15 is 0 Å². The maximum Gasteiger partial charge on any atom is 0.0236 e. The van der Waals surface area contributed by atoms with Gasteiger partial charge in [0.05, 0.1) is 0 Å². The second-order valence-electron chi connectivity index (χ2n) is 7.44. The molecule has 2 atom stereocenters. The van der Waals surface area contributed by atoms with E-state index < -0.39 is 0 Å². The van der Waals surface area contributed by atoms with E-state index in [1.165, 1.54) is 30.4 Å². The molecule has 0 N–H and O–H groups in total. The number of hydrogen-bond donors (Lipinski definition) is 0. The minimum atomic E-state index is 0.175. The largest absolute Gasteiger partial charge is 0.0625 e. The molecule has 22 heavy (non-hydrogen) atoms. The third-order valence-electron chi connectivity index (χ3n) is 5.66. The molecule has 2 aromatic carbocycles. The molecule has 1 aliphatic carbocycles. The second kappa shape index (κ2) is 6.28. The number of rotatable bonds is 3. The SMILES string of the molecule is CC1CCC(C(C)C)C(c2ccccc2)(c2ccccc2)C1. The van der Waals surface area contributed by atoms with Gasteiger partial charge in [-0.3, -0.25) is 0 Å². The quantitative estimate of drug-likeness (QED) is 0.644. The van der Waals surface area contributed by atoms with Crippen molar-refractivity contribution in [2.45, 2.75) is 45.4 Å². The van der Waals surface area contributed by atoms with Crippen molar-refractivity contribution in [2.24, 2.45) is 17.8 Å². The predicted molar refractivity (Wildman–Crippen MR) is 95.0 cm³/mol. The summed E-state index contributed by atoms with van der Waals surface area (Å²) in [4.78, 5) is 0. The van der Waals surface area contributed by atoms with Gasteiger partial charge in [0.15, 0.2) is 0 Å². The first kappa shape index (κ1) is 15.3. The van der Waals surface area contributed by atoms with E-state index in [1.54, 1.807) is 0 Å². The summed E-state index contributed by atoms with van der Waals surface area (Å²) in [5, 5.41) is 0. The molecule has 0 radical (unpaired) electrons. The van der Waals surface area contributed by atoms with Gasteiger partial charge >= 0.3 is 0 Å². The highest BCUT2D eigenvalue weighted by Gasteiger charge is 2.46. The van der Waals surface area contributed by atoms with Crippen LogP contribution in [-0.4, -0.2) is 0 Å². The monoisotopic (exact) mass is 292 g/mol. The molecule has 0 heterocycles. The van der Waals surface area contributed by atoms with Crippen molar-refractivity contribution < 1.29 is 0 Å². The fourth-order valence-electron chi connectivity index (χ4n) is 4.72. The molecule has 0 amide bonds. The Morgan fingerprint density at radius 3 is 1.77 bits per heavy atom. The van der Waals surface area contributed by atoms with Crippen LogP contribution in [0, 0.1) is 17.8 Å². The van der Waals surface area contributed by atoms with Gasteiger partial charge < -0.3 is 0 Å². The Morgan fingerprint density at radius 2 is 1.32 bits per heavy atom. The Bertz CT molecular complexity index is 542. The van der Waals surface area contributed by atoms with Crippen LogP contribution >= 0.6 is 0 Å². The van der Waals surface area contributed by atoms with Gasteiger partial charge in [0.2, 0.25) is 0 Å². The molecule has 0 bridgehead atoms. The van der Waals surface area contributed by atoms with Crippen molar-refractivity contribution in [3.8, 4) is 0 Å². The number of benzene rings is 2. The Hall–Kier alpha value is -1.56. The van der Waals surface area contributed by atoms with Gasteiger partial charge in [0.1, 0.15) is 0 Å². The molecule has 116 valence electrons. The van der Waals surface area contributed by atoms with E-state index in [2.05, 4.69) is 81.4 Å². The zero-order valence-electron chi connectivity index (χ0n) is 14.1. The molecule has 0 spiro atoms. The topological polar surface area (TPSA) is 0 Å². The summed E-state index contributed by atoms with van der Waals surface area (Å²) in [5.41, 5.74) is 3.19. The van der Waals surface area contributed by atoms with Gasteiger partial charge in [0.25, 0.3) is 0 Å². The summed E-state index contributed by atoms with van der Waals surface area (Å²) in [6.45, 7) is 7.24. The van der Waals surface area contributed by atoms with Crippen molar-refractivity contribution in [2.75, 3.05) is 0 Å². The van der Waals surface area contributed by atoms with Crippen LogP contribution in [0.25, 0.3) is 0 Å². The third-order valence-corrected chi connectivity index (χ3v) is 5.66. The van der Waals surface area contributed by atoms with Crippen molar-refractivity contribution in [3.05, 3.63) is 71.8 Å². The van der Waals surface area contributed by atoms with E-state index in [4.69, 9.17) is 0 Å². The van der Waals surface area contributed by atoms with Crippen LogP contribution in [-0.2, 0) is 5.41 Å². The highest BCUT2D eigenvalue weighted by atomic mass is 14.5. The van der Waals surface area contributed by atoms with Crippen molar-refractivity contribution >= 4 is 0 Å². The van der Waals surface area contributed by atoms with E-state index in [0.29, 0.717) is 11.8 Å². The fourth-order valence-corrected chi connectivity index (χ4v) is 4.72. The van der Waals surface area contributed by atoms with Crippen molar-refractivity contribution in [1.29, 1.82) is 0 Å². The summed E-state index contributed by atoms with van der Waals surface area (Å²) in [5.74, 6) is 2.21. The molecule has 1 aliphatic rings. The van der Waals surface area contributed by atoms with E-state index in [0.717, 1.165) is 5.92 Å². The first-order chi connectivity index (χ1) is 10.6. The predicted octanol–water partition coefficient (Wildman–Crippen LogP) is 6.06. The van der Waals surface area contributed by atoms with Crippen molar-refractivity contribution in [1.82, 2.24) is 0 Å². The molecule has 0 heteroatoms. The Kier molecular flexibility index (Phi) is 4.38. The molecule has 1 fully saturated rings. The van der Waals surface area contributed by atoms with E-state index in [9.17, 15) is 0 Å². The lowest BCUT2D eigenvalue weighted by Crippen LogP contribution is -2.44. The molecule has 0 aromatic heterocycles. The van der Waals surface area contributed by atoms with Crippen LogP contribution in [0.15, 0.2) is 60.7 Å². The van der Waals surface area contributed by atoms with Crippen LogP contribution < -0.4 is 0 Å². The van der Waals surface area contributed by atoms with Crippen molar-refractivity contribution in [3.63, 3.8) is 0 Å². The van der Waals surface area contributed by atoms with Crippen LogP contribution in [0.4, 0.5) is 0 Å². The zero-order chi connectivity index (χ0) is 15.6. The Morgan fingerprint density at radius 1 is 0.818 bits per heavy atom. The average Bonchev–Trinajstić information content (AvgIpc) is 2.56. The summed E-state index contributed by atoms with van der Waals surface area (Å²) < 4.78 is 0. The van der Waals surface area contributed by atoms with E-state index in [-0.39, 0.29) is 5.41 Å². The van der Waals surface area contributed by atoms with Gasteiger partial charge in [-0.05, 0) is 41.7 Å². The lowest BCUT2D eigenvalue weighted by molar-refractivity contribution is 0.135. The Balaban J connectivity index is 2.21. The van der Waals surface area contributed by atoms with Gasteiger partial charge in [-0.15, -0.1) is 0 Å². The molecule has 3 rings (SSSR count). The molecule has 2 unspecified atom stereocenters. The maximum atomic E-state index is 2.43. The lowest BCUT2D eigenvalue weighted by Gasteiger charge is -2.49. The van der Waals surface area contributed by atoms with Gasteiger partial charge in [0, 0.05) is 5.41 Å². The highest BCUT2D eigenvalue weighted by molar-refractivity contribution is 5.41. The first-order valence-corrected chi connectivity index (χ1v) is 8.75. The maximum absolute atomic E-state index is 2.43. The lowest BCUT2D eigenvalue weighted by atomic mass is 9.54. The molecule has 1 saturated carbocycles. The minimum Gasteiger partial charge on any atom is -0.0625 e. The fraction of sp³-hybridized carbons (Fsp3) is 0.455. The normalized spacial score (nSPS) is 24.4. The number of hydrogen-bond acceptors (Lipinski definition) is 0. The molecule has 2 aromatic rings. The van der Waals surface area contributed by atoms with Crippen LogP contribution in [0.3, 0.4) is 0 Å². The summed E-state index contributed by atoms with van der Waals surface area (Å²) >= 11 is 0. The van der Waals surface area contributed by atoms with Gasteiger partial charge in [-0.25, -0.2) is 0 Å². The van der Waals surface area contributed by atoms with Crippen LogP contribution in [0.5, 0.6) is 0 Å². The molecular formula is C22H28. The highest BCUT2D eigenvalue weighted by Crippen LogP contribution is 2.52. The van der Waals surface area contributed by atoms with Crippen LogP contribution in [0.2, 0.25) is 0 Å². The molecule has 0 saturated heterocycles. The summed E-state index contributed by atoms with van der Waals surface area (Å²) in [7, 11) is 0. The summed E-state index contributed by atoms with van der Waals surface area (Å²) in [6, 6.07) is 22.5. The smallest absolute Gasteiger partial charge is 0.0236 e. The average molecular weight is 292 g/mol. The van der Waals surface area contributed by atoms with E-state index in [1.807, 2.05) is 0 Å². The summed E-state index contributed by atoms with van der Waals surface area (Å²) in [6.07, 6.45) is 3.97. The van der Waals surface area contributed by atoms with Gasteiger partial charge in [-0.1, -0.05) is 87.9 Å². The first-order valence-electron chi connectivity index (χ1n) is 8.75. The Labute approximate surface area is 135 Å². The molecular weight excluding hydrogens is 264 g/mol. The van der Waals surface area contributed by atoms with Gasteiger partial charge in [-0.2, -0.15) is 0 Å². The molecule has 0 aliphatic heterocycles.